The van der Waals surface area contributed by atoms with Gasteiger partial charge in [0.15, 0.2) is 5.78 Å². The van der Waals surface area contributed by atoms with E-state index in [2.05, 4.69) is 43.7 Å². The van der Waals surface area contributed by atoms with Crippen molar-refractivity contribution < 1.29 is 9.90 Å². The lowest BCUT2D eigenvalue weighted by Gasteiger charge is -2.45. The summed E-state index contributed by atoms with van der Waals surface area (Å²) in [5.41, 5.74) is 2.72. The monoisotopic (exact) mass is 514 g/mol. The van der Waals surface area contributed by atoms with Gasteiger partial charge in [0.1, 0.15) is 17.6 Å². The third-order valence-corrected chi connectivity index (χ3v) is 6.89. The second-order valence-electron chi connectivity index (χ2n) is 7.32. The van der Waals surface area contributed by atoms with Gasteiger partial charge in [0, 0.05) is 21.7 Å². The number of phenols is 1. The van der Waals surface area contributed by atoms with E-state index in [9.17, 15) is 9.90 Å². The highest BCUT2D eigenvalue weighted by Gasteiger charge is 2.43. The molecule has 3 unspecified atom stereocenters. The van der Waals surface area contributed by atoms with E-state index >= 15 is 0 Å². The van der Waals surface area contributed by atoms with Gasteiger partial charge >= 0.3 is 0 Å². The predicted molar refractivity (Wildman–Crippen MR) is 122 cm³/mol. The number of carbonyl (C=O) groups excluding carboxylic acids is 1. The van der Waals surface area contributed by atoms with E-state index in [0.29, 0.717) is 5.56 Å². The number of halogens is 2. The van der Waals surface area contributed by atoms with Crippen LogP contribution in [0.25, 0.3) is 0 Å². The summed E-state index contributed by atoms with van der Waals surface area (Å²) in [5.74, 6) is 0.901. The second-order valence-corrected chi connectivity index (χ2v) is 9.03. The molecule has 2 heterocycles. The number of aliphatic imine (C=N–C) groups is 1. The summed E-state index contributed by atoms with van der Waals surface area (Å²) >= 11 is 7.27. The minimum Gasteiger partial charge on any atom is -0.508 e. The number of fused-ring (bicyclic) bond motifs is 1. The van der Waals surface area contributed by atoms with E-state index in [4.69, 9.17) is 4.99 Å². The molecule has 6 heteroatoms. The minimum absolute atomic E-state index is 0.0144. The van der Waals surface area contributed by atoms with E-state index in [1.807, 2.05) is 55.5 Å². The third-order valence-electron chi connectivity index (χ3n) is 5.50. The maximum Gasteiger partial charge on any atom is 0.187 e. The Balaban J connectivity index is 1.86. The Bertz CT molecular complexity index is 1040. The van der Waals surface area contributed by atoms with Gasteiger partial charge in [0.25, 0.3) is 0 Å². The van der Waals surface area contributed by atoms with Gasteiger partial charge in [-0.1, -0.05) is 49.4 Å². The van der Waals surface area contributed by atoms with Gasteiger partial charge < -0.3 is 10.0 Å². The van der Waals surface area contributed by atoms with Crippen molar-refractivity contribution in [1.82, 2.24) is 4.90 Å². The molecule has 1 N–H and O–H groups in total. The molecule has 3 atom stereocenters. The molecule has 0 spiro atoms. The highest BCUT2D eigenvalue weighted by molar-refractivity contribution is 9.12. The molecule has 0 fully saturated rings. The van der Waals surface area contributed by atoms with Crippen LogP contribution in [0.2, 0.25) is 0 Å². The lowest BCUT2D eigenvalue weighted by molar-refractivity contribution is 0.0894. The SMILES string of the molecule is CC1=C(Br)C=C(Br)C2=NC(C(=O)c3ccccc3)C(C)C(c3ccc(O)cc3)N21. The normalized spacial score (nSPS) is 24.0. The third kappa shape index (κ3) is 3.60. The lowest BCUT2D eigenvalue weighted by Crippen LogP contribution is -2.48. The molecule has 148 valence electrons. The fourth-order valence-electron chi connectivity index (χ4n) is 3.99. The average Bonchev–Trinajstić information content (AvgIpc) is 2.72. The number of hydrogen-bond donors (Lipinski definition) is 1. The van der Waals surface area contributed by atoms with Crippen molar-refractivity contribution in [2.75, 3.05) is 0 Å². The number of allylic oxidation sites excluding steroid dienone is 3. The molecule has 4 nitrogen and oxygen atoms in total. The van der Waals surface area contributed by atoms with Gasteiger partial charge in [0.05, 0.1) is 10.5 Å². The summed E-state index contributed by atoms with van der Waals surface area (Å²) < 4.78 is 1.80. The number of aromatic hydroxyl groups is 1. The van der Waals surface area contributed by atoms with Crippen molar-refractivity contribution in [3.8, 4) is 5.75 Å². The molecule has 0 bridgehead atoms. The standard InChI is InChI=1S/C23H20Br2N2O2/c1-13-20(22(29)16-6-4-3-5-7-16)26-23-19(25)12-18(24)14(2)27(23)21(13)15-8-10-17(28)11-9-15/h3-13,20-21,28H,1-2H3. The number of phenolic OH excluding ortho intramolecular Hbond substituents is 1. The fourth-order valence-corrected chi connectivity index (χ4v) is 5.23. The molecule has 0 radical (unpaired) electrons. The fraction of sp³-hybridized carbons (Fsp3) is 0.217. The Labute approximate surface area is 186 Å². The first-order valence-electron chi connectivity index (χ1n) is 9.37. The largest absolute Gasteiger partial charge is 0.508 e. The Hall–Kier alpha value is -2.18. The summed E-state index contributed by atoms with van der Waals surface area (Å²) in [6, 6.07) is 15.9. The molecule has 0 amide bonds. The van der Waals surface area contributed by atoms with Crippen molar-refractivity contribution in [2.45, 2.75) is 25.9 Å². The van der Waals surface area contributed by atoms with Crippen molar-refractivity contribution in [1.29, 1.82) is 0 Å². The van der Waals surface area contributed by atoms with Crippen LogP contribution in [-0.2, 0) is 0 Å². The Kier molecular flexibility index (Phi) is 5.49. The molecule has 0 aromatic heterocycles. The quantitative estimate of drug-likeness (QED) is 0.513. The molecule has 0 saturated carbocycles. The first-order valence-corrected chi connectivity index (χ1v) is 11.0. The van der Waals surface area contributed by atoms with Gasteiger partial charge in [-0.2, -0.15) is 0 Å². The highest BCUT2D eigenvalue weighted by Crippen LogP contribution is 2.44. The number of carbonyl (C=O) groups is 1. The molecule has 2 aromatic carbocycles. The molecular formula is C23H20Br2N2O2. The van der Waals surface area contributed by atoms with Crippen molar-refractivity contribution in [3.05, 3.63) is 86.5 Å². The first kappa shape index (κ1) is 20.1. The van der Waals surface area contributed by atoms with E-state index < -0.39 is 6.04 Å². The summed E-state index contributed by atoms with van der Waals surface area (Å²) in [5, 5.41) is 9.75. The summed E-state index contributed by atoms with van der Waals surface area (Å²) in [4.78, 5) is 20.4. The molecule has 29 heavy (non-hydrogen) atoms. The maximum atomic E-state index is 13.3. The molecule has 0 aliphatic carbocycles. The molecule has 2 aliphatic rings. The van der Waals surface area contributed by atoms with Gasteiger partial charge in [-0.25, -0.2) is 0 Å². The number of ketones is 1. The van der Waals surface area contributed by atoms with Gasteiger partial charge in [-0.3, -0.25) is 9.79 Å². The number of rotatable bonds is 3. The number of benzene rings is 2. The number of nitrogens with zero attached hydrogens (tertiary/aromatic N) is 2. The summed E-state index contributed by atoms with van der Waals surface area (Å²) in [6.45, 7) is 4.10. The van der Waals surface area contributed by atoms with Crippen molar-refractivity contribution >= 4 is 43.5 Å². The number of Topliss-reactive ketones (excluding diaryl/α,β-unsaturated/α-hetero) is 1. The second kappa shape index (κ2) is 7.92. The molecular weight excluding hydrogens is 496 g/mol. The van der Waals surface area contributed by atoms with Crippen LogP contribution in [0.3, 0.4) is 0 Å². The van der Waals surface area contributed by atoms with Gasteiger partial charge in [-0.15, -0.1) is 0 Å². The number of amidine groups is 1. The van der Waals surface area contributed by atoms with E-state index in [1.165, 1.54) is 0 Å². The van der Waals surface area contributed by atoms with Crippen LogP contribution in [-0.4, -0.2) is 27.7 Å². The van der Waals surface area contributed by atoms with Crippen LogP contribution in [0.4, 0.5) is 0 Å². The minimum atomic E-state index is -0.506. The summed E-state index contributed by atoms with van der Waals surface area (Å²) in [7, 11) is 0. The molecule has 0 saturated heterocycles. The van der Waals surface area contributed by atoms with E-state index in [1.54, 1.807) is 12.1 Å². The zero-order chi connectivity index (χ0) is 20.7. The van der Waals surface area contributed by atoms with Gasteiger partial charge in [0.2, 0.25) is 0 Å². The zero-order valence-electron chi connectivity index (χ0n) is 16.0. The molecule has 2 aromatic rings. The predicted octanol–water partition coefficient (Wildman–Crippen LogP) is 5.95. The maximum absolute atomic E-state index is 13.3. The topological polar surface area (TPSA) is 52.9 Å². The average molecular weight is 516 g/mol. The lowest BCUT2D eigenvalue weighted by atomic mass is 9.81. The van der Waals surface area contributed by atoms with Crippen molar-refractivity contribution in [2.24, 2.45) is 10.9 Å². The van der Waals surface area contributed by atoms with Crippen LogP contribution in [0.5, 0.6) is 5.75 Å². The summed E-state index contributed by atoms with van der Waals surface area (Å²) in [6.07, 6.45) is 1.97. The molecule has 2 aliphatic heterocycles. The molecule has 4 rings (SSSR count). The Morgan fingerprint density at radius 1 is 1.07 bits per heavy atom. The van der Waals surface area contributed by atoms with Crippen LogP contribution in [0.15, 0.2) is 80.3 Å². The van der Waals surface area contributed by atoms with Crippen LogP contribution >= 0.6 is 31.9 Å². The number of hydrogen-bond acceptors (Lipinski definition) is 4. The van der Waals surface area contributed by atoms with E-state index in [-0.39, 0.29) is 23.5 Å². The first-order chi connectivity index (χ1) is 13.9. The van der Waals surface area contributed by atoms with E-state index in [0.717, 1.165) is 26.1 Å². The Morgan fingerprint density at radius 3 is 2.38 bits per heavy atom. The van der Waals surface area contributed by atoms with Gasteiger partial charge in [-0.05, 0) is 62.6 Å². The highest BCUT2D eigenvalue weighted by atomic mass is 79.9. The van der Waals surface area contributed by atoms with Crippen LogP contribution in [0.1, 0.15) is 35.8 Å². The van der Waals surface area contributed by atoms with Crippen LogP contribution in [0, 0.1) is 5.92 Å². The smallest absolute Gasteiger partial charge is 0.187 e. The van der Waals surface area contributed by atoms with Crippen LogP contribution < -0.4 is 0 Å². The zero-order valence-corrected chi connectivity index (χ0v) is 19.2. The van der Waals surface area contributed by atoms with Crippen molar-refractivity contribution in [3.63, 3.8) is 0 Å². The Morgan fingerprint density at radius 2 is 1.72 bits per heavy atom.